The van der Waals surface area contributed by atoms with Gasteiger partial charge in [-0.1, -0.05) is 12.1 Å². The molecule has 1 saturated carbocycles. The monoisotopic (exact) mass is 292 g/mol. The molecule has 0 saturated heterocycles. The average Bonchev–Trinajstić information content (AvgIpc) is 3.34. The SMILES string of the molecule is COC(=O)C(CCN(C)c1ccccc1OC)NC1CC1. The van der Waals surface area contributed by atoms with Gasteiger partial charge in [0.1, 0.15) is 11.8 Å². The number of esters is 1. The summed E-state index contributed by atoms with van der Waals surface area (Å²) >= 11 is 0. The second-order valence-electron chi connectivity index (χ2n) is 5.40. The van der Waals surface area contributed by atoms with Crippen LogP contribution in [0.5, 0.6) is 5.75 Å². The van der Waals surface area contributed by atoms with Crippen molar-refractivity contribution in [3.05, 3.63) is 24.3 Å². The fourth-order valence-corrected chi connectivity index (χ4v) is 2.33. The Morgan fingerprint density at radius 2 is 2.10 bits per heavy atom. The van der Waals surface area contributed by atoms with Gasteiger partial charge in [0.25, 0.3) is 0 Å². The van der Waals surface area contributed by atoms with Crippen molar-refractivity contribution in [3.8, 4) is 5.75 Å². The molecule has 0 bridgehead atoms. The van der Waals surface area contributed by atoms with E-state index in [-0.39, 0.29) is 12.0 Å². The molecule has 21 heavy (non-hydrogen) atoms. The van der Waals surface area contributed by atoms with Crippen LogP contribution in [0.2, 0.25) is 0 Å². The van der Waals surface area contributed by atoms with Gasteiger partial charge in [0.05, 0.1) is 19.9 Å². The Labute approximate surface area is 126 Å². The van der Waals surface area contributed by atoms with Crippen molar-refractivity contribution in [2.24, 2.45) is 0 Å². The minimum atomic E-state index is -0.236. The van der Waals surface area contributed by atoms with Gasteiger partial charge in [-0.2, -0.15) is 0 Å². The highest BCUT2D eigenvalue weighted by atomic mass is 16.5. The molecule has 1 N–H and O–H groups in total. The smallest absolute Gasteiger partial charge is 0.322 e. The molecular weight excluding hydrogens is 268 g/mol. The molecule has 5 nitrogen and oxygen atoms in total. The fourth-order valence-electron chi connectivity index (χ4n) is 2.33. The molecule has 0 spiro atoms. The Kier molecular flexibility index (Phi) is 5.44. The first-order valence-corrected chi connectivity index (χ1v) is 7.33. The summed E-state index contributed by atoms with van der Waals surface area (Å²) in [6.45, 7) is 0.750. The highest BCUT2D eigenvalue weighted by Crippen LogP contribution is 2.27. The lowest BCUT2D eigenvalue weighted by molar-refractivity contribution is -0.143. The quantitative estimate of drug-likeness (QED) is 0.741. The molecule has 1 aliphatic rings. The van der Waals surface area contributed by atoms with E-state index in [1.165, 1.54) is 7.11 Å². The van der Waals surface area contributed by atoms with Gasteiger partial charge in [-0.25, -0.2) is 0 Å². The predicted molar refractivity (Wildman–Crippen MR) is 82.8 cm³/mol. The van der Waals surface area contributed by atoms with Crippen LogP contribution in [0.3, 0.4) is 0 Å². The number of methoxy groups -OCH3 is 2. The van der Waals surface area contributed by atoms with E-state index in [1.54, 1.807) is 7.11 Å². The first-order chi connectivity index (χ1) is 10.2. The molecule has 0 amide bonds. The van der Waals surface area contributed by atoms with Gasteiger partial charge in [0.2, 0.25) is 0 Å². The molecule has 1 aliphatic carbocycles. The molecule has 5 heteroatoms. The van der Waals surface area contributed by atoms with Gasteiger partial charge in [-0.05, 0) is 31.4 Å². The van der Waals surface area contributed by atoms with Crippen molar-refractivity contribution in [2.75, 3.05) is 32.7 Å². The summed E-state index contributed by atoms with van der Waals surface area (Å²) < 4.78 is 10.2. The number of ether oxygens (including phenoxy) is 2. The first kappa shape index (κ1) is 15.6. The van der Waals surface area contributed by atoms with Gasteiger partial charge in [0, 0.05) is 19.6 Å². The molecule has 1 fully saturated rings. The second kappa shape index (κ2) is 7.31. The van der Waals surface area contributed by atoms with E-state index in [0.717, 1.165) is 30.8 Å². The van der Waals surface area contributed by atoms with Gasteiger partial charge in [0.15, 0.2) is 0 Å². The summed E-state index contributed by atoms with van der Waals surface area (Å²) in [6.07, 6.45) is 3.00. The number of hydrogen-bond acceptors (Lipinski definition) is 5. The van der Waals surface area contributed by atoms with E-state index >= 15 is 0 Å². The van der Waals surface area contributed by atoms with E-state index in [1.807, 2.05) is 31.3 Å². The summed E-state index contributed by atoms with van der Waals surface area (Å²) in [4.78, 5) is 13.9. The molecule has 1 aromatic rings. The number of nitrogens with one attached hydrogen (secondary N) is 1. The minimum absolute atomic E-state index is 0.185. The van der Waals surface area contributed by atoms with Crippen LogP contribution >= 0.6 is 0 Å². The van der Waals surface area contributed by atoms with Crippen LogP contribution in [0.1, 0.15) is 19.3 Å². The lowest BCUT2D eigenvalue weighted by atomic mass is 10.2. The number of carbonyl (C=O) groups excluding carboxylic acids is 1. The number of benzene rings is 1. The van der Waals surface area contributed by atoms with E-state index in [2.05, 4.69) is 10.2 Å². The number of para-hydroxylation sites is 2. The standard InChI is InChI=1S/C16H24N2O3/c1-18(14-6-4-5-7-15(14)20-2)11-10-13(16(19)21-3)17-12-8-9-12/h4-7,12-13,17H,8-11H2,1-3H3. The lowest BCUT2D eigenvalue weighted by Gasteiger charge is -2.24. The predicted octanol–water partition coefficient (Wildman–Crippen LogP) is 1.82. The van der Waals surface area contributed by atoms with Crippen molar-refractivity contribution >= 4 is 11.7 Å². The number of hydrogen-bond donors (Lipinski definition) is 1. The van der Waals surface area contributed by atoms with E-state index in [9.17, 15) is 4.79 Å². The number of nitrogens with zero attached hydrogens (tertiary/aromatic N) is 1. The molecule has 1 atom stereocenters. The highest BCUT2D eigenvalue weighted by molar-refractivity contribution is 5.75. The molecule has 1 aromatic carbocycles. The second-order valence-corrected chi connectivity index (χ2v) is 5.40. The first-order valence-electron chi connectivity index (χ1n) is 7.33. The topological polar surface area (TPSA) is 50.8 Å². The van der Waals surface area contributed by atoms with Gasteiger partial charge >= 0.3 is 5.97 Å². The van der Waals surface area contributed by atoms with Gasteiger partial charge < -0.3 is 19.7 Å². The Bertz CT molecular complexity index is 474. The fraction of sp³-hybridized carbons (Fsp3) is 0.562. The van der Waals surface area contributed by atoms with Crippen molar-refractivity contribution in [1.29, 1.82) is 0 Å². The van der Waals surface area contributed by atoms with Crippen molar-refractivity contribution in [3.63, 3.8) is 0 Å². The van der Waals surface area contributed by atoms with Crippen LogP contribution in [0.25, 0.3) is 0 Å². The molecule has 2 rings (SSSR count). The summed E-state index contributed by atoms with van der Waals surface area (Å²) in [6, 6.07) is 8.12. The van der Waals surface area contributed by atoms with E-state index in [4.69, 9.17) is 9.47 Å². The van der Waals surface area contributed by atoms with Crippen molar-refractivity contribution in [1.82, 2.24) is 5.32 Å². The molecule has 0 aromatic heterocycles. The molecule has 0 heterocycles. The molecular formula is C16H24N2O3. The maximum absolute atomic E-state index is 11.8. The third-order valence-electron chi connectivity index (χ3n) is 3.75. The number of rotatable bonds is 8. The zero-order valence-electron chi connectivity index (χ0n) is 13.0. The maximum atomic E-state index is 11.8. The summed E-state index contributed by atoms with van der Waals surface area (Å²) in [5.41, 5.74) is 1.02. The maximum Gasteiger partial charge on any atom is 0.322 e. The zero-order chi connectivity index (χ0) is 15.2. The van der Waals surface area contributed by atoms with Gasteiger partial charge in [-0.3, -0.25) is 4.79 Å². The van der Waals surface area contributed by atoms with E-state index < -0.39 is 0 Å². The normalized spacial score (nSPS) is 15.4. The lowest BCUT2D eigenvalue weighted by Crippen LogP contribution is -2.41. The van der Waals surface area contributed by atoms with Crippen LogP contribution in [0.4, 0.5) is 5.69 Å². The Morgan fingerprint density at radius 3 is 2.71 bits per heavy atom. The summed E-state index contributed by atoms with van der Waals surface area (Å²) in [7, 11) is 5.11. The number of carbonyl (C=O) groups is 1. The largest absolute Gasteiger partial charge is 0.495 e. The Balaban J connectivity index is 1.94. The zero-order valence-corrected chi connectivity index (χ0v) is 13.0. The molecule has 0 aliphatic heterocycles. The molecule has 116 valence electrons. The molecule has 1 unspecified atom stereocenters. The molecule has 0 radical (unpaired) electrons. The summed E-state index contributed by atoms with van der Waals surface area (Å²) in [5.74, 6) is 0.653. The highest BCUT2D eigenvalue weighted by Gasteiger charge is 2.29. The van der Waals surface area contributed by atoms with Crippen LogP contribution < -0.4 is 15.0 Å². The van der Waals surface area contributed by atoms with Crippen LogP contribution in [0, 0.1) is 0 Å². The van der Waals surface area contributed by atoms with Gasteiger partial charge in [-0.15, -0.1) is 0 Å². The number of anilines is 1. The summed E-state index contributed by atoms with van der Waals surface area (Å²) in [5, 5.41) is 3.34. The average molecular weight is 292 g/mol. The van der Waals surface area contributed by atoms with Crippen LogP contribution in [-0.4, -0.2) is 45.9 Å². The third kappa shape index (κ3) is 4.36. The van der Waals surface area contributed by atoms with Crippen LogP contribution in [-0.2, 0) is 9.53 Å². The Hall–Kier alpha value is -1.75. The van der Waals surface area contributed by atoms with Crippen molar-refractivity contribution < 1.29 is 14.3 Å². The third-order valence-corrected chi connectivity index (χ3v) is 3.75. The minimum Gasteiger partial charge on any atom is -0.495 e. The Morgan fingerprint density at radius 1 is 1.38 bits per heavy atom. The van der Waals surface area contributed by atoms with Crippen LogP contribution in [0.15, 0.2) is 24.3 Å². The van der Waals surface area contributed by atoms with Crippen molar-refractivity contribution in [2.45, 2.75) is 31.3 Å². The van der Waals surface area contributed by atoms with E-state index in [0.29, 0.717) is 12.5 Å².